The highest BCUT2D eigenvalue weighted by Gasteiger charge is 2.31. The lowest BCUT2D eigenvalue weighted by atomic mass is 10.0. The van der Waals surface area contributed by atoms with Crippen LogP contribution >= 0.6 is 0 Å². The first-order chi connectivity index (χ1) is 8.99. The number of hydrogen-bond donors (Lipinski definition) is 1. The molecule has 5 heteroatoms. The predicted octanol–water partition coefficient (Wildman–Crippen LogP) is 1.22. The van der Waals surface area contributed by atoms with Crippen molar-refractivity contribution in [1.82, 2.24) is 4.90 Å². The maximum absolute atomic E-state index is 12.1. The van der Waals surface area contributed by atoms with E-state index in [-0.39, 0.29) is 13.0 Å². The van der Waals surface area contributed by atoms with Crippen molar-refractivity contribution < 1.29 is 19.5 Å². The van der Waals surface area contributed by atoms with E-state index in [9.17, 15) is 14.4 Å². The van der Waals surface area contributed by atoms with Gasteiger partial charge in [-0.3, -0.25) is 19.3 Å². The van der Waals surface area contributed by atoms with Gasteiger partial charge in [0.2, 0.25) is 0 Å². The number of carbonyl (C=O) groups is 3. The highest BCUT2D eigenvalue weighted by atomic mass is 16.4. The first-order valence-electron chi connectivity index (χ1n) is 5.85. The van der Waals surface area contributed by atoms with Crippen LogP contribution in [0.3, 0.4) is 0 Å². The number of carbonyl (C=O) groups excluding carboxylic acids is 2. The largest absolute Gasteiger partial charge is 0.481 e. The van der Waals surface area contributed by atoms with Crippen molar-refractivity contribution in [2.45, 2.75) is 13.3 Å². The standard InChI is InChI=1S/C14H13NO4/c1-9-3-2-4-10(7-9)11-8-12(16)15(14(11)19)6-5-13(17)18/h2-4,7-8H,5-6H2,1H3,(H,17,18). The summed E-state index contributed by atoms with van der Waals surface area (Å²) in [6.07, 6.45) is 1.02. The molecule has 1 N–H and O–H groups in total. The van der Waals surface area contributed by atoms with Gasteiger partial charge in [-0.2, -0.15) is 0 Å². The SMILES string of the molecule is Cc1cccc(C2=CC(=O)N(CCC(=O)O)C2=O)c1. The zero-order valence-corrected chi connectivity index (χ0v) is 10.4. The molecule has 0 bridgehead atoms. The Balaban J connectivity index is 2.21. The van der Waals surface area contributed by atoms with Gasteiger partial charge in [0.05, 0.1) is 12.0 Å². The van der Waals surface area contributed by atoms with Crippen molar-refractivity contribution in [2.24, 2.45) is 0 Å². The Hall–Kier alpha value is -2.43. The number of benzene rings is 1. The Morgan fingerprint density at radius 2 is 2.05 bits per heavy atom. The lowest BCUT2D eigenvalue weighted by Crippen LogP contribution is -2.32. The maximum Gasteiger partial charge on any atom is 0.305 e. The Kier molecular flexibility index (Phi) is 3.46. The lowest BCUT2D eigenvalue weighted by molar-refractivity contribution is -0.139. The van der Waals surface area contributed by atoms with Crippen LogP contribution in [0.2, 0.25) is 0 Å². The van der Waals surface area contributed by atoms with E-state index in [1.54, 1.807) is 6.07 Å². The van der Waals surface area contributed by atoms with Crippen molar-refractivity contribution in [3.05, 3.63) is 41.5 Å². The molecule has 1 aliphatic rings. The lowest BCUT2D eigenvalue weighted by Gasteiger charge is -2.13. The molecule has 2 rings (SSSR count). The Morgan fingerprint density at radius 3 is 2.68 bits per heavy atom. The molecule has 0 aliphatic carbocycles. The van der Waals surface area contributed by atoms with Gasteiger partial charge in [-0.25, -0.2) is 0 Å². The molecule has 19 heavy (non-hydrogen) atoms. The molecule has 0 saturated heterocycles. The number of imide groups is 1. The minimum absolute atomic E-state index is 0.0984. The van der Waals surface area contributed by atoms with Gasteiger partial charge >= 0.3 is 5.97 Å². The van der Waals surface area contributed by atoms with Crippen molar-refractivity contribution in [3.8, 4) is 0 Å². The number of carboxylic acids is 1. The Morgan fingerprint density at radius 1 is 1.32 bits per heavy atom. The second-order valence-corrected chi connectivity index (χ2v) is 4.37. The summed E-state index contributed by atoms with van der Waals surface area (Å²) < 4.78 is 0. The molecule has 1 aromatic rings. The van der Waals surface area contributed by atoms with E-state index in [4.69, 9.17) is 5.11 Å². The van der Waals surface area contributed by atoms with Gasteiger partial charge < -0.3 is 5.11 Å². The zero-order chi connectivity index (χ0) is 14.0. The number of amides is 2. The van der Waals surface area contributed by atoms with Gasteiger partial charge in [0, 0.05) is 12.6 Å². The van der Waals surface area contributed by atoms with Gasteiger partial charge in [-0.15, -0.1) is 0 Å². The van der Waals surface area contributed by atoms with E-state index >= 15 is 0 Å². The third kappa shape index (κ3) is 2.70. The highest BCUT2D eigenvalue weighted by Crippen LogP contribution is 2.24. The monoisotopic (exact) mass is 259 g/mol. The van der Waals surface area contributed by atoms with Crippen LogP contribution in [0.15, 0.2) is 30.3 Å². The predicted molar refractivity (Wildman–Crippen MR) is 68.1 cm³/mol. The Bertz CT molecular complexity index is 589. The van der Waals surface area contributed by atoms with E-state index in [2.05, 4.69) is 0 Å². The summed E-state index contributed by atoms with van der Waals surface area (Å²) in [5, 5.41) is 8.60. The number of hydrogen-bond acceptors (Lipinski definition) is 3. The van der Waals surface area contributed by atoms with Crippen molar-refractivity contribution in [1.29, 1.82) is 0 Å². The normalized spacial score (nSPS) is 14.8. The number of rotatable bonds is 4. The Labute approximate surface area is 110 Å². The molecule has 1 heterocycles. The van der Waals surface area contributed by atoms with Crippen LogP contribution in [-0.2, 0) is 14.4 Å². The number of aryl methyl sites for hydroxylation is 1. The molecular weight excluding hydrogens is 246 g/mol. The number of carboxylic acid groups (broad SMARTS) is 1. The molecule has 2 amide bonds. The third-order valence-corrected chi connectivity index (χ3v) is 2.89. The van der Waals surface area contributed by atoms with Crippen LogP contribution < -0.4 is 0 Å². The van der Waals surface area contributed by atoms with Gasteiger partial charge in [-0.1, -0.05) is 29.8 Å². The fourth-order valence-corrected chi connectivity index (χ4v) is 1.95. The molecule has 98 valence electrons. The zero-order valence-electron chi connectivity index (χ0n) is 10.4. The van der Waals surface area contributed by atoms with Gasteiger partial charge in [0.15, 0.2) is 0 Å². The van der Waals surface area contributed by atoms with Gasteiger partial charge in [0.25, 0.3) is 11.8 Å². The number of aliphatic carboxylic acids is 1. The molecule has 0 spiro atoms. The van der Waals surface area contributed by atoms with Crippen LogP contribution in [0.4, 0.5) is 0 Å². The van der Waals surface area contributed by atoms with E-state index in [1.807, 2.05) is 25.1 Å². The molecule has 0 unspecified atom stereocenters. The molecular formula is C14H13NO4. The van der Waals surface area contributed by atoms with Crippen LogP contribution in [0, 0.1) is 6.92 Å². The second-order valence-electron chi connectivity index (χ2n) is 4.37. The summed E-state index contributed by atoms with van der Waals surface area (Å²) in [6, 6.07) is 7.28. The van der Waals surface area contributed by atoms with E-state index in [1.165, 1.54) is 6.08 Å². The third-order valence-electron chi connectivity index (χ3n) is 2.89. The molecule has 1 aliphatic heterocycles. The van der Waals surface area contributed by atoms with Crippen LogP contribution in [0.5, 0.6) is 0 Å². The average Bonchev–Trinajstić information content (AvgIpc) is 2.62. The molecule has 0 fully saturated rings. The van der Waals surface area contributed by atoms with Crippen LogP contribution in [0.25, 0.3) is 5.57 Å². The highest BCUT2D eigenvalue weighted by molar-refractivity contribution is 6.33. The minimum atomic E-state index is -1.04. The van der Waals surface area contributed by atoms with Gasteiger partial charge in [-0.05, 0) is 12.5 Å². The van der Waals surface area contributed by atoms with E-state index < -0.39 is 17.8 Å². The summed E-state index contributed by atoms with van der Waals surface area (Å²) in [5.74, 6) is -1.93. The summed E-state index contributed by atoms with van der Waals surface area (Å²) in [5.41, 5.74) is 1.98. The minimum Gasteiger partial charge on any atom is -0.481 e. The van der Waals surface area contributed by atoms with Crippen LogP contribution in [-0.4, -0.2) is 34.3 Å². The quantitative estimate of drug-likeness (QED) is 0.825. The van der Waals surface area contributed by atoms with Crippen molar-refractivity contribution in [2.75, 3.05) is 6.54 Å². The van der Waals surface area contributed by atoms with Crippen molar-refractivity contribution in [3.63, 3.8) is 0 Å². The first kappa shape index (κ1) is 13.0. The van der Waals surface area contributed by atoms with E-state index in [0.29, 0.717) is 11.1 Å². The molecule has 0 atom stereocenters. The average molecular weight is 259 g/mol. The van der Waals surface area contributed by atoms with E-state index in [0.717, 1.165) is 10.5 Å². The summed E-state index contributed by atoms with van der Waals surface area (Å²) in [7, 11) is 0. The smallest absolute Gasteiger partial charge is 0.305 e. The van der Waals surface area contributed by atoms with Crippen molar-refractivity contribution >= 4 is 23.4 Å². The fraction of sp³-hybridized carbons (Fsp3) is 0.214. The molecule has 0 saturated carbocycles. The summed E-state index contributed by atoms with van der Waals surface area (Å²) in [6.45, 7) is 1.80. The van der Waals surface area contributed by atoms with Gasteiger partial charge in [0.1, 0.15) is 0 Å². The molecule has 5 nitrogen and oxygen atoms in total. The van der Waals surface area contributed by atoms with Crippen LogP contribution in [0.1, 0.15) is 17.5 Å². The second kappa shape index (κ2) is 5.06. The molecule has 0 radical (unpaired) electrons. The number of nitrogens with zero attached hydrogens (tertiary/aromatic N) is 1. The fourth-order valence-electron chi connectivity index (χ4n) is 1.95. The summed E-state index contributed by atoms with van der Waals surface area (Å²) >= 11 is 0. The first-order valence-corrected chi connectivity index (χ1v) is 5.85. The molecule has 0 aromatic heterocycles. The summed E-state index contributed by atoms with van der Waals surface area (Å²) in [4.78, 5) is 35.2. The topological polar surface area (TPSA) is 74.7 Å². The maximum atomic E-state index is 12.1. The molecule has 1 aromatic carbocycles.